The third-order valence-corrected chi connectivity index (χ3v) is 4.11. The first-order chi connectivity index (χ1) is 10.2. The molecule has 0 atom stereocenters. The lowest BCUT2D eigenvalue weighted by molar-refractivity contribution is 0.687. The Labute approximate surface area is 127 Å². The van der Waals surface area contributed by atoms with Gasteiger partial charge in [0.2, 0.25) is 0 Å². The molecule has 1 N–H and O–H groups in total. The Kier molecular flexibility index (Phi) is 4.26. The fourth-order valence-corrected chi connectivity index (χ4v) is 2.74. The number of rotatable bonds is 6. The maximum absolute atomic E-state index is 3.58. The topological polar surface area (TPSA) is 15.3 Å². The highest BCUT2D eigenvalue weighted by Crippen LogP contribution is 2.21. The van der Waals surface area contributed by atoms with E-state index in [1.54, 1.807) is 0 Å². The first-order valence-electron chi connectivity index (χ1n) is 7.80. The van der Waals surface area contributed by atoms with Gasteiger partial charge in [-0.05, 0) is 42.5 Å². The molecule has 0 aliphatic heterocycles. The van der Waals surface area contributed by atoms with Crippen molar-refractivity contribution in [2.75, 3.05) is 11.9 Å². The van der Waals surface area contributed by atoms with Crippen LogP contribution in [0.4, 0.5) is 5.69 Å². The van der Waals surface area contributed by atoms with Gasteiger partial charge < -0.3 is 10.2 Å². The average Bonchev–Trinajstić information content (AvgIpc) is 3.30. The standard InChI is InChI=1S/C19H24N2/c1-15-6-3-4-9-19(15)21(2)14-17-8-5-7-16(12-17)13-20-18-10-11-18/h3-9,12,18,20H,10-11,13-14H2,1-2H3. The van der Waals surface area contributed by atoms with Gasteiger partial charge in [0, 0.05) is 31.9 Å². The van der Waals surface area contributed by atoms with Crippen LogP contribution in [0.2, 0.25) is 0 Å². The molecule has 0 bridgehead atoms. The van der Waals surface area contributed by atoms with Crippen LogP contribution in [0.1, 0.15) is 29.5 Å². The predicted octanol–water partition coefficient (Wildman–Crippen LogP) is 3.88. The second kappa shape index (κ2) is 6.31. The van der Waals surface area contributed by atoms with Gasteiger partial charge in [-0.2, -0.15) is 0 Å². The summed E-state index contributed by atoms with van der Waals surface area (Å²) in [5.41, 5.74) is 5.39. The molecule has 0 spiro atoms. The summed E-state index contributed by atoms with van der Waals surface area (Å²) in [5.74, 6) is 0. The Bertz CT molecular complexity index is 602. The van der Waals surface area contributed by atoms with Crippen molar-refractivity contribution in [1.82, 2.24) is 5.32 Å². The van der Waals surface area contributed by atoms with E-state index < -0.39 is 0 Å². The number of aryl methyl sites for hydroxylation is 1. The second-order valence-corrected chi connectivity index (χ2v) is 6.12. The summed E-state index contributed by atoms with van der Waals surface area (Å²) in [7, 11) is 2.16. The SMILES string of the molecule is Cc1ccccc1N(C)Cc1cccc(CNC2CC2)c1. The molecule has 1 saturated carbocycles. The highest BCUT2D eigenvalue weighted by Gasteiger charge is 2.19. The molecule has 3 rings (SSSR count). The van der Waals surface area contributed by atoms with Crippen LogP contribution < -0.4 is 10.2 Å². The van der Waals surface area contributed by atoms with E-state index in [9.17, 15) is 0 Å². The van der Waals surface area contributed by atoms with E-state index in [1.165, 1.54) is 35.2 Å². The predicted molar refractivity (Wildman–Crippen MR) is 89.6 cm³/mol. The van der Waals surface area contributed by atoms with Crippen molar-refractivity contribution >= 4 is 5.69 Å². The Morgan fingerprint density at radius 2 is 1.81 bits per heavy atom. The van der Waals surface area contributed by atoms with Crippen LogP contribution >= 0.6 is 0 Å². The van der Waals surface area contributed by atoms with E-state index in [4.69, 9.17) is 0 Å². The zero-order chi connectivity index (χ0) is 14.7. The normalized spacial score (nSPS) is 14.2. The highest BCUT2D eigenvalue weighted by molar-refractivity contribution is 5.52. The van der Waals surface area contributed by atoms with Gasteiger partial charge in [-0.1, -0.05) is 42.5 Å². The van der Waals surface area contributed by atoms with Gasteiger partial charge >= 0.3 is 0 Å². The van der Waals surface area contributed by atoms with E-state index in [1.807, 2.05) is 0 Å². The minimum absolute atomic E-state index is 0.767. The lowest BCUT2D eigenvalue weighted by atomic mass is 10.1. The number of nitrogens with zero attached hydrogens (tertiary/aromatic N) is 1. The molecule has 2 heteroatoms. The van der Waals surface area contributed by atoms with Crippen molar-refractivity contribution in [3.8, 4) is 0 Å². The Balaban J connectivity index is 1.66. The molecule has 0 heterocycles. The van der Waals surface area contributed by atoms with Crippen LogP contribution in [0, 0.1) is 6.92 Å². The molecule has 1 aliphatic rings. The van der Waals surface area contributed by atoms with Gasteiger partial charge in [0.15, 0.2) is 0 Å². The quantitative estimate of drug-likeness (QED) is 0.863. The third kappa shape index (κ3) is 3.85. The summed E-state index contributed by atoms with van der Waals surface area (Å²) in [6.45, 7) is 4.11. The first kappa shape index (κ1) is 14.2. The van der Waals surface area contributed by atoms with Gasteiger partial charge in [0.25, 0.3) is 0 Å². The molecule has 110 valence electrons. The monoisotopic (exact) mass is 280 g/mol. The molecule has 2 aromatic rings. The maximum atomic E-state index is 3.58. The largest absolute Gasteiger partial charge is 0.370 e. The zero-order valence-electron chi connectivity index (χ0n) is 13.0. The number of para-hydroxylation sites is 1. The molecule has 1 fully saturated rings. The number of anilines is 1. The molecule has 1 aliphatic carbocycles. The second-order valence-electron chi connectivity index (χ2n) is 6.12. The third-order valence-electron chi connectivity index (χ3n) is 4.11. The summed E-state index contributed by atoms with van der Waals surface area (Å²) < 4.78 is 0. The van der Waals surface area contributed by atoms with Gasteiger partial charge in [0.1, 0.15) is 0 Å². The molecular formula is C19H24N2. The van der Waals surface area contributed by atoms with Crippen molar-refractivity contribution in [3.05, 3.63) is 65.2 Å². The van der Waals surface area contributed by atoms with E-state index in [2.05, 4.69) is 72.7 Å². The Morgan fingerprint density at radius 1 is 1.05 bits per heavy atom. The summed E-state index contributed by atoms with van der Waals surface area (Å²) >= 11 is 0. The number of benzene rings is 2. The maximum Gasteiger partial charge on any atom is 0.0426 e. The van der Waals surface area contributed by atoms with Gasteiger partial charge in [0.05, 0.1) is 0 Å². The summed E-state index contributed by atoms with van der Waals surface area (Å²) in [6.07, 6.45) is 2.69. The molecule has 0 unspecified atom stereocenters. The van der Waals surface area contributed by atoms with Crippen molar-refractivity contribution < 1.29 is 0 Å². The average molecular weight is 280 g/mol. The first-order valence-corrected chi connectivity index (χ1v) is 7.80. The molecule has 2 nitrogen and oxygen atoms in total. The van der Waals surface area contributed by atoms with Gasteiger partial charge in [-0.25, -0.2) is 0 Å². The summed E-state index contributed by atoms with van der Waals surface area (Å²) in [4.78, 5) is 2.32. The summed E-state index contributed by atoms with van der Waals surface area (Å²) in [5, 5.41) is 3.58. The van der Waals surface area contributed by atoms with Crippen LogP contribution in [-0.2, 0) is 13.1 Å². The van der Waals surface area contributed by atoms with Crippen LogP contribution in [0.3, 0.4) is 0 Å². The molecule has 0 aromatic heterocycles. The van der Waals surface area contributed by atoms with E-state index in [-0.39, 0.29) is 0 Å². The molecule has 2 aromatic carbocycles. The van der Waals surface area contributed by atoms with Crippen LogP contribution in [-0.4, -0.2) is 13.1 Å². The Morgan fingerprint density at radius 3 is 2.57 bits per heavy atom. The molecule has 0 saturated heterocycles. The fourth-order valence-electron chi connectivity index (χ4n) is 2.74. The minimum atomic E-state index is 0.767. The van der Waals surface area contributed by atoms with Crippen LogP contribution in [0.15, 0.2) is 48.5 Å². The van der Waals surface area contributed by atoms with Gasteiger partial charge in [-0.15, -0.1) is 0 Å². The summed E-state index contributed by atoms with van der Waals surface area (Å²) in [6, 6.07) is 18.3. The number of hydrogen-bond acceptors (Lipinski definition) is 2. The van der Waals surface area contributed by atoms with Crippen molar-refractivity contribution in [2.45, 2.75) is 38.9 Å². The number of hydrogen-bond donors (Lipinski definition) is 1. The highest BCUT2D eigenvalue weighted by atomic mass is 15.1. The zero-order valence-corrected chi connectivity index (χ0v) is 13.0. The Hall–Kier alpha value is -1.80. The van der Waals surface area contributed by atoms with Crippen LogP contribution in [0.25, 0.3) is 0 Å². The molecule has 0 amide bonds. The van der Waals surface area contributed by atoms with Crippen molar-refractivity contribution in [3.63, 3.8) is 0 Å². The van der Waals surface area contributed by atoms with Crippen molar-refractivity contribution in [1.29, 1.82) is 0 Å². The van der Waals surface area contributed by atoms with E-state index in [0.717, 1.165) is 19.1 Å². The minimum Gasteiger partial charge on any atom is -0.370 e. The van der Waals surface area contributed by atoms with Gasteiger partial charge in [-0.3, -0.25) is 0 Å². The molecule has 0 radical (unpaired) electrons. The van der Waals surface area contributed by atoms with Crippen LogP contribution in [0.5, 0.6) is 0 Å². The molecular weight excluding hydrogens is 256 g/mol. The van der Waals surface area contributed by atoms with E-state index >= 15 is 0 Å². The lowest BCUT2D eigenvalue weighted by Gasteiger charge is -2.21. The lowest BCUT2D eigenvalue weighted by Crippen LogP contribution is -2.18. The fraction of sp³-hybridized carbons (Fsp3) is 0.368. The smallest absolute Gasteiger partial charge is 0.0426 e. The van der Waals surface area contributed by atoms with Crippen molar-refractivity contribution in [2.24, 2.45) is 0 Å². The van der Waals surface area contributed by atoms with E-state index in [0.29, 0.717) is 0 Å². The number of nitrogens with one attached hydrogen (secondary N) is 1. The molecule has 21 heavy (non-hydrogen) atoms.